The molecule has 1 rings (SSSR count). The van der Waals surface area contributed by atoms with Crippen LogP contribution in [0.3, 0.4) is 0 Å². The number of aromatic carboxylic acids is 1. The Balaban J connectivity index is 3.01. The molecule has 5 heteroatoms. The van der Waals surface area contributed by atoms with E-state index in [-0.39, 0.29) is 11.6 Å². The van der Waals surface area contributed by atoms with Gasteiger partial charge >= 0.3 is 5.97 Å². The summed E-state index contributed by atoms with van der Waals surface area (Å²) in [5.74, 6) is -0.574. The summed E-state index contributed by atoms with van der Waals surface area (Å²) < 4.78 is 0. The van der Waals surface area contributed by atoms with Crippen LogP contribution in [0.5, 0.6) is 0 Å². The zero-order chi connectivity index (χ0) is 14.6. The van der Waals surface area contributed by atoms with Crippen LogP contribution < -0.4 is 5.32 Å². The van der Waals surface area contributed by atoms with E-state index in [2.05, 4.69) is 24.1 Å². The van der Waals surface area contributed by atoms with Crippen LogP contribution in [0.4, 0.5) is 5.69 Å². The van der Waals surface area contributed by atoms with Crippen molar-refractivity contribution in [1.29, 1.82) is 0 Å². The molecule has 106 valence electrons. The van der Waals surface area contributed by atoms with Crippen LogP contribution in [0.25, 0.3) is 0 Å². The number of hydrogen-bond acceptors (Lipinski definition) is 3. The molecule has 4 nitrogen and oxygen atoms in total. The number of carboxylic acid groups (broad SMARTS) is 1. The molecule has 1 unspecified atom stereocenters. The second-order valence-electron chi connectivity index (χ2n) is 5.25. The van der Waals surface area contributed by atoms with Gasteiger partial charge in [-0.05, 0) is 38.2 Å². The van der Waals surface area contributed by atoms with E-state index >= 15 is 0 Å². The molecule has 0 bridgehead atoms. The quantitative estimate of drug-likeness (QED) is 0.843. The summed E-state index contributed by atoms with van der Waals surface area (Å²) in [4.78, 5) is 13.3. The molecule has 0 amide bonds. The third-order valence-electron chi connectivity index (χ3n) is 2.92. The molecule has 0 saturated heterocycles. The van der Waals surface area contributed by atoms with Crippen LogP contribution in [0.15, 0.2) is 18.2 Å². The molecule has 19 heavy (non-hydrogen) atoms. The average Bonchev–Trinajstić information content (AvgIpc) is 2.26. The normalized spacial score (nSPS) is 12.8. The number of carboxylic acids is 1. The number of hydrogen-bond donors (Lipinski definition) is 2. The summed E-state index contributed by atoms with van der Waals surface area (Å²) in [5.41, 5.74) is 0.814. The fourth-order valence-corrected chi connectivity index (χ4v) is 2.01. The summed E-state index contributed by atoms with van der Waals surface area (Å²) in [6.07, 6.45) is 0. The lowest BCUT2D eigenvalue weighted by molar-refractivity contribution is 0.0698. The number of likely N-dealkylation sites (N-methyl/N-ethyl adjacent to an activating group) is 1. The maximum atomic E-state index is 11.2. The molecule has 0 aliphatic heterocycles. The fourth-order valence-electron chi connectivity index (χ4n) is 1.84. The molecule has 0 heterocycles. The Morgan fingerprint density at radius 1 is 1.42 bits per heavy atom. The molecular formula is C14H21ClN2O2. The molecule has 1 aromatic rings. The number of anilines is 1. The molecule has 0 aliphatic rings. The highest BCUT2D eigenvalue weighted by molar-refractivity contribution is 6.31. The van der Waals surface area contributed by atoms with Crippen LogP contribution in [0.1, 0.15) is 24.2 Å². The van der Waals surface area contributed by atoms with Crippen molar-refractivity contribution in [3.05, 3.63) is 28.8 Å². The van der Waals surface area contributed by atoms with Crippen LogP contribution in [0, 0.1) is 5.92 Å². The second-order valence-corrected chi connectivity index (χ2v) is 5.69. The van der Waals surface area contributed by atoms with Crippen LogP contribution >= 0.6 is 11.6 Å². The Labute approximate surface area is 119 Å². The van der Waals surface area contributed by atoms with Gasteiger partial charge in [-0.25, -0.2) is 4.79 Å². The zero-order valence-corrected chi connectivity index (χ0v) is 12.5. The van der Waals surface area contributed by atoms with Gasteiger partial charge in [0.25, 0.3) is 0 Å². The second kappa shape index (κ2) is 6.78. The maximum Gasteiger partial charge on any atom is 0.337 e. The Morgan fingerprint density at radius 3 is 2.53 bits per heavy atom. The lowest BCUT2D eigenvalue weighted by Crippen LogP contribution is -2.36. The topological polar surface area (TPSA) is 52.6 Å². The van der Waals surface area contributed by atoms with E-state index in [9.17, 15) is 9.90 Å². The van der Waals surface area contributed by atoms with Gasteiger partial charge in [-0.2, -0.15) is 0 Å². The number of rotatable bonds is 6. The third kappa shape index (κ3) is 4.73. The minimum atomic E-state index is -0.952. The van der Waals surface area contributed by atoms with E-state index in [0.717, 1.165) is 6.54 Å². The SMILES string of the molecule is CC(C)C(CN(C)C)Nc1cc(Cl)ccc1C(=O)O. The molecule has 0 aromatic heterocycles. The van der Waals surface area contributed by atoms with Crippen molar-refractivity contribution in [1.82, 2.24) is 4.90 Å². The average molecular weight is 285 g/mol. The van der Waals surface area contributed by atoms with Gasteiger partial charge in [-0.15, -0.1) is 0 Å². The van der Waals surface area contributed by atoms with Gasteiger partial charge in [0.15, 0.2) is 0 Å². The number of carbonyl (C=O) groups is 1. The van der Waals surface area contributed by atoms with Crippen molar-refractivity contribution in [3.8, 4) is 0 Å². The van der Waals surface area contributed by atoms with Gasteiger partial charge in [0, 0.05) is 17.6 Å². The van der Waals surface area contributed by atoms with Crippen molar-refractivity contribution >= 4 is 23.3 Å². The minimum Gasteiger partial charge on any atom is -0.478 e. The highest BCUT2D eigenvalue weighted by Crippen LogP contribution is 2.23. The molecule has 0 saturated carbocycles. The molecule has 1 atom stereocenters. The number of nitrogens with one attached hydrogen (secondary N) is 1. The fraction of sp³-hybridized carbons (Fsp3) is 0.500. The monoisotopic (exact) mass is 284 g/mol. The largest absolute Gasteiger partial charge is 0.478 e. The van der Waals surface area contributed by atoms with E-state index in [1.54, 1.807) is 12.1 Å². The summed E-state index contributed by atoms with van der Waals surface area (Å²) in [5, 5.41) is 13.0. The van der Waals surface area contributed by atoms with Crippen molar-refractivity contribution in [2.75, 3.05) is 26.0 Å². The molecule has 0 spiro atoms. The van der Waals surface area contributed by atoms with Gasteiger partial charge in [-0.1, -0.05) is 25.4 Å². The van der Waals surface area contributed by atoms with Crippen LogP contribution in [-0.2, 0) is 0 Å². The minimum absolute atomic E-state index is 0.159. The van der Waals surface area contributed by atoms with E-state index in [1.807, 2.05) is 14.1 Å². The van der Waals surface area contributed by atoms with E-state index < -0.39 is 5.97 Å². The van der Waals surface area contributed by atoms with E-state index in [1.165, 1.54) is 6.07 Å². The first-order valence-electron chi connectivity index (χ1n) is 6.25. The maximum absolute atomic E-state index is 11.2. The Bertz CT molecular complexity index is 447. The van der Waals surface area contributed by atoms with Crippen molar-refractivity contribution in [3.63, 3.8) is 0 Å². The number of nitrogens with zero attached hydrogens (tertiary/aromatic N) is 1. The molecule has 2 N–H and O–H groups in total. The third-order valence-corrected chi connectivity index (χ3v) is 3.15. The van der Waals surface area contributed by atoms with Crippen LogP contribution in [-0.4, -0.2) is 42.7 Å². The standard InChI is InChI=1S/C14H21ClN2O2/c1-9(2)13(8-17(3)4)16-12-7-10(15)5-6-11(12)14(18)19/h5-7,9,13,16H,8H2,1-4H3,(H,18,19). The highest BCUT2D eigenvalue weighted by Gasteiger charge is 2.18. The summed E-state index contributed by atoms with van der Waals surface area (Å²) >= 11 is 5.95. The van der Waals surface area contributed by atoms with Crippen LogP contribution in [0.2, 0.25) is 5.02 Å². The predicted octanol–water partition coefficient (Wildman–Crippen LogP) is 3.04. The molecule has 1 aromatic carbocycles. The van der Waals surface area contributed by atoms with Gasteiger partial charge in [-0.3, -0.25) is 0 Å². The van der Waals surface area contributed by atoms with Gasteiger partial charge in [0.05, 0.1) is 11.3 Å². The Hall–Kier alpha value is -1.26. The Morgan fingerprint density at radius 2 is 2.05 bits per heavy atom. The zero-order valence-electron chi connectivity index (χ0n) is 11.8. The van der Waals surface area contributed by atoms with E-state index in [4.69, 9.17) is 11.6 Å². The first kappa shape index (κ1) is 15.8. The predicted molar refractivity (Wildman–Crippen MR) is 79.2 cm³/mol. The first-order chi connectivity index (χ1) is 8.81. The van der Waals surface area contributed by atoms with Gasteiger partial charge < -0.3 is 15.3 Å². The van der Waals surface area contributed by atoms with Crippen molar-refractivity contribution < 1.29 is 9.90 Å². The van der Waals surface area contributed by atoms with E-state index in [0.29, 0.717) is 16.6 Å². The van der Waals surface area contributed by atoms with Crippen molar-refractivity contribution in [2.45, 2.75) is 19.9 Å². The smallest absolute Gasteiger partial charge is 0.337 e. The highest BCUT2D eigenvalue weighted by atomic mass is 35.5. The summed E-state index contributed by atoms with van der Waals surface area (Å²) in [7, 11) is 3.99. The molecule has 0 fully saturated rings. The van der Waals surface area contributed by atoms with Crippen molar-refractivity contribution in [2.24, 2.45) is 5.92 Å². The lowest BCUT2D eigenvalue weighted by Gasteiger charge is -2.27. The Kier molecular flexibility index (Phi) is 5.63. The number of benzene rings is 1. The van der Waals surface area contributed by atoms with Gasteiger partial charge in [0.2, 0.25) is 0 Å². The van der Waals surface area contributed by atoms with Gasteiger partial charge in [0.1, 0.15) is 0 Å². The molecular weight excluding hydrogens is 264 g/mol. The molecule has 0 aliphatic carbocycles. The lowest BCUT2D eigenvalue weighted by atomic mass is 10.0. The molecule has 0 radical (unpaired) electrons. The number of halogens is 1. The summed E-state index contributed by atoms with van der Waals surface area (Å²) in [6, 6.07) is 4.94. The summed E-state index contributed by atoms with van der Waals surface area (Å²) in [6.45, 7) is 5.03. The first-order valence-corrected chi connectivity index (χ1v) is 6.63.